The van der Waals surface area contributed by atoms with Gasteiger partial charge in [0.05, 0.1) is 5.69 Å². The number of imidazole rings is 1. The normalized spacial score (nSPS) is 17.0. The van der Waals surface area contributed by atoms with Gasteiger partial charge in [-0.3, -0.25) is 0 Å². The standard InChI is InChI=1S/C20H22FN3O/c1-15-2-7-19-23-18(14-24(19)13-15)12-22-20(8-10-25-11-9-20)16-3-5-17(21)6-4-16/h2-7,13-14,22H,8-12H2,1H3. The lowest BCUT2D eigenvalue weighted by Crippen LogP contribution is -2.46. The van der Waals surface area contributed by atoms with Crippen LogP contribution in [0.5, 0.6) is 0 Å². The molecule has 1 aliphatic heterocycles. The topological polar surface area (TPSA) is 38.6 Å². The maximum absolute atomic E-state index is 13.3. The maximum Gasteiger partial charge on any atom is 0.137 e. The molecule has 0 aliphatic carbocycles. The Kier molecular flexibility index (Phi) is 4.27. The number of halogens is 1. The predicted octanol–water partition coefficient (Wildman–Crippen LogP) is 3.58. The number of nitrogens with zero attached hydrogens (tertiary/aromatic N) is 2. The van der Waals surface area contributed by atoms with Crippen LogP contribution in [0.1, 0.15) is 29.7 Å². The van der Waals surface area contributed by atoms with Crippen molar-refractivity contribution in [3.63, 3.8) is 0 Å². The van der Waals surface area contributed by atoms with Crippen molar-refractivity contribution in [3.05, 3.63) is 71.4 Å². The SMILES string of the molecule is Cc1ccc2nc(CNC3(c4ccc(F)cc4)CCOCC3)cn2c1. The van der Waals surface area contributed by atoms with Gasteiger partial charge >= 0.3 is 0 Å². The van der Waals surface area contributed by atoms with Gasteiger partial charge in [-0.2, -0.15) is 0 Å². The molecule has 1 aromatic carbocycles. The van der Waals surface area contributed by atoms with Gasteiger partial charge in [0.15, 0.2) is 0 Å². The smallest absolute Gasteiger partial charge is 0.137 e. The van der Waals surface area contributed by atoms with Gasteiger partial charge in [-0.05, 0) is 49.1 Å². The Morgan fingerprint density at radius 2 is 1.88 bits per heavy atom. The monoisotopic (exact) mass is 339 g/mol. The predicted molar refractivity (Wildman–Crippen MR) is 94.9 cm³/mol. The summed E-state index contributed by atoms with van der Waals surface area (Å²) in [6.07, 6.45) is 5.87. The Hall–Kier alpha value is -2.24. The molecule has 0 spiro atoms. The molecular weight excluding hydrogens is 317 g/mol. The summed E-state index contributed by atoms with van der Waals surface area (Å²) in [6.45, 7) is 4.14. The van der Waals surface area contributed by atoms with Crippen molar-refractivity contribution in [2.24, 2.45) is 0 Å². The van der Waals surface area contributed by atoms with E-state index in [9.17, 15) is 4.39 Å². The number of hydrogen-bond acceptors (Lipinski definition) is 3. The molecule has 25 heavy (non-hydrogen) atoms. The highest BCUT2D eigenvalue weighted by atomic mass is 19.1. The molecule has 0 saturated carbocycles. The molecular formula is C20H22FN3O. The van der Waals surface area contributed by atoms with Crippen LogP contribution in [0, 0.1) is 12.7 Å². The van der Waals surface area contributed by atoms with Gasteiger partial charge in [0.25, 0.3) is 0 Å². The summed E-state index contributed by atoms with van der Waals surface area (Å²) in [5.41, 5.74) is 4.06. The Balaban J connectivity index is 1.58. The van der Waals surface area contributed by atoms with Gasteiger partial charge < -0.3 is 14.5 Å². The van der Waals surface area contributed by atoms with Gasteiger partial charge in [-0.15, -0.1) is 0 Å². The van der Waals surface area contributed by atoms with E-state index in [4.69, 9.17) is 4.74 Å². The molecule has 3 aromatic rings. The molecule has 2 aromatic heterocycles. The fraction of sp³-hybridized carbons (Fsp3) is 0.350. The van der Waals surface area contributed by atoms with E-state index in [2.05, 4.69) is 40.1 Å². The molecule has 0 radical (unpaired) electrons. The first-order valence-corrected chi connectivity index (χ1v) is 8.68. The van der Waals surface area contributed by atoms with Crippen LogP contribution in [-0.2, 0) is 16.8 Å². The zero-order valence-corrected chi connectivity index (χ0v) is 14.3. The molecule has 0 amide bonds. The molecule has 0 bridgehead atoms. The number of ether oxygens (including phenoxy) is 1. The molecule has 5 heteroatoms. The zero-order chi connectivity index (χ0) is 17.3. The second-order valence-electron chi connectivity index (χ2n) is 6.76. The number of hydrogen-bond donors (Lipinski definition) is 1. The third kappa shape index (κ3) is 3.30. The molecule has 1 aliphatic rings. The van der Waals surface area contributed by atoms with Gasteiger partial charge in [-0.1, -0.05) is 18.2 Å². The largest absolute Gasteiger partial charge is 0.381 e. The summed E-state index contributed by atoms with van der Waals surface area (Å²) < 4.78 is 20.9. The molecule has 1 saturated heterocycles. The first kappa shape index (κ1) is 16.2. The summed E-state index contributed by atoms with van der Waals surface area (Å²) in [4.78, 5) is 4.69. The van der Waals surface area contributed by atoms with E-state index in [-0.39, 0.29) is 11.4 Å². The van der Waals surface area contributed by atoms with Gasteiger partial charge in [0.2, 0.25) is 0 Å². The number of pyridine rings is 1. The number of benzene rings is 1. The average Bonchev–Trinajstić information content (AvgIpc) is 3.03. The lowest BCUT2D eigenvalue weighted by Gasteiger charge is -2.38. The first-order valence-electron chi connectivity index (χ1n) is 8.68. The zero-order valence-electron chi connectivity index (χ0n) is 14.3. The van der Waals surface area contributed by atoms with E-state index in [1.165, 1.54) is 17.7 Å². The van der Waals surface area contributed by atoms with Gasteiger partial charge in [0.1, 0.15) is 11.5 Å². The number of nitrogens with one attached hydrogen (secondary N) is 1. The van der Waals surface area contributed by atoms with Crippen LogP contribution < -0.4 is 5.32 Å². The van der Waals surface area contributed by atoms with Crippen molar-refractivity contribution in [2.45, 2.75) is 31.8 Å². The lowest BCUT2D eigenvalue weighted by molar-refractivity contribution is 0.0356. The second kappa shape index (κ2) is 6.58. The van der Waals surface area contributed by atoms with Crippen molar-refractivity contribution in [3.8, 4) is 0 Å². The molecule has 4 nitrogen and oxygen atoms in total. The van der Waals surface area contributed by atoms with Crippen molar-refractivity contribution >= 4 is 5.65 Å². The van der Waals surface area contributed by atoms with E-state index in [0.29, 0.717) is 19.8 Å². The summed E-state index contributed by atoms with van der Waals surface area (Å²) in [7, 11) is 0. The molecule has 0 atom stereocenters. The third-order valence-electron chi connectivity index (χ3n) is 5.00. The average molecular weight is 339 g/mol. The first-order chi connectivity index (χ1) is 12.1. The van der Waals surface area contributed by atoms with Crippen molar-refractivity contribution in [1.82, 2.24) is 14.7 Å². The van der Waals surface area contributed by atoms with E-state index < -0.39 is 0 Å². The minimum Gasteiger partial charge on any atom is -0.381 e. The van der Waals surface area contributed by atoms with Gasteiger partial charge in [-0.25, -0.2) is 9.37 Å². The van der Waals surface area contributed by atoms with Crippen molar-refractivity contribution in [1.29, 1.82) is 0 Å². The van der Waals surface area contributed by atoms with Gasteiger partial charge in [0, 0.05) is 37.7 Å². The van der Waals surface area contributed by atoms with Crippen molar-refractivity contribution < 1.29 is 9.13 Å². The van der Waals surface area contributed by atoms with Crippen LogP contribution in [0.2, 0.25) is 0 Å². The maximum atomic E-state index is 13.3. The fourth-order valence-electron chi connectivity index (χ4n) is 3.56. The van der Waals surface area contributed by atoms with E-state index >= 15 is 0 Å². The summed E-state index contributed by atoms with van der Waals surface area (Å²) in [5.74, 6) is -0.207. The minimum atomic E-state index is -0.207. The summed E-state index contributed by atoms with van der Waals surface area (Å²) >= 11 is 0. The fourth-order valence-corrected chi connectivity index (χ4v) is 3.56. The quantitative estimate of drug-likeness (QED) is 0.790. The van der Waals surface area contributed by atoms with Crippen LogP contribution in [0.25, 0.3) is 5.65 Å². The number of aryl methyl sites for hydroxylation is 1. The summed E-state index contributed by atoms with van der Waals surface area (Å²) in [6, 6.07) is 10.9. The lowest BCUT2D eigenvalue weighted by atomic mass is 9.82. The van der Waals surface area contributed by atoms with Crippen LogP contribution in [0.15, 0.2) is 48.8 Å². The number of aromatic nitrogens is 2. The number of fused-ring (bicyclic) bond motifs is 1. The Morgan fingerprint density at radius 3 is 2.64 bits per heavy atom. The summed E-state index contributed by atoms with van der Waals surface area (Å²) in [5, 5.41) is 3.68. The molecule has 0 unspecified atom stereocenters. The molecule has 1 N–H and O–H groups in total. The molecule has 3 heterocycles. The van der Waals surface area contributed by atoms with E-state index in [0.717, 1.165) is 29.7 Å². The molecule has 4 rings (SSSR count). The third-order valence-corrected chi connectivity index (χ3v) is 5.00. The Bertz CT molecular complexity index is 866. The van der Waals surface area contributed by atoms with Crippen LogP contribution in [-0.4, -0.2) is 22.6 Å². The number of rotatable bonds is 4. The van der Waals surface area contributed by atoms with E-state index in [1.807, 2.05) is 18.2 Å². The van der Waals surface area contributed by atoms with Crippen molar-refractivity contribution in [2.75, 3.05) is 13.2 Å². The van der Waals surface area contributed by atoms with E-state index in [1.54, 1.807) is 0 Å². The highest BCUT2D eigenvalue weighted by molar-refractivity contribution is 5.41. The Morgan fingerprint density at radius 1 is 1.12 bits per heavy atom. The second-order valence-corrected chi connectivity index (χ2v) is 6.76. The molecule has 1 fully saturated rings. The highest BCUT2D eigenvalue weighted by Gasteiger charge is 2.34. The minimum absolute atomic E-state index is 0.197. The van der Waals surface area contributed by atoms with Crippen LogP contribution >= 0.6 is 0 Å². The van der Waals surface area contributed by atoms with Crippen LogP contribution in [0.3, 0.4) is 0 Å². The Labute approximate surface area is 146 Å². The molecule has 130 valence electrons. The highest BCUT2D eigenvalue weighted by Crippen LogP contribution is 2.32. The van der Waals surface area contributed by atoms with Crippen LogP contribution in [0.4, 0.5) is 4.39 Å².